The van der Waals surface area contributed by atoms with Crippen molar-refractivity contribution in [1.82, 2.24) is 0 Å². The largest absolute Gasteiger partial charge is 0.481 e. The molecule has 142 valence electrons. The molecule has 0 aliphatic heterocycles. The van der Waals surface area contributed by atoms with E-state index in [1.165, 1.54) is 19.1 Å². The predicted molar refractivity (Wildman–Crippen MR) is 91.0 cm³/mol. The summed E-state index contributed by atoms with van der Waals surface area (Å²) in [6, 6.07) is 8.65. The standard InChI is InChI=1S/C18H16F2N2O5/c1-10(18(25)22-14-7-6-11(19)8-13(14)20)27-16(23)9-26-15-5-3-2-4-12(15)17(21)24/h2-8,10H,9H2,1H3,(H2,21,24)(H,22,25)/t10-/m0/s1. The fourth-order valence-electron chi connectivity index (χ4n) is 2.04. The number of hydrogen-bond acceptors (Lipinski definition) is 5. The molecule has 27 heavy (non-hydrogen) atoms. The highest BCUT2D eigenvalue weighted by Crippen LogP contribution is 2.18. The summed E-state index contributed by atoms with van der Waals surface area (Å²) in [7, 11) is 0. The van der Waals surface area contributed by atoms with Gasteiger partial charge in [0.2, 0.25) is 0 Å². The van der Waals surface area contributed by atoms with Gasteiger partial charge in [0, 0.05) is 6.07 Å². The average Bonchev–Trinajstić information content (AvgIpc) is 2.62. The van der Waals surface area contributed by atoms with Crippen LogP contribution in [0.1, 0.15) is 17.3 Å². The molecule has 9 heteroatoms. The van der Waals surface area contributed by atoms with Crippen molar-refractivity contribution < 1.29 is 32.6 Å². The molecule has 0 aromatic heterocycles. The maximum atomic E-state index is 13.5. The van der Waals surface area contributed by atoms with Crippen molar-refractivity contribution in [1.29, 1.82) is 0 Å². The quantitative estimate of drug-likeness (QED) is 0.717. The topological polar surface area (TPSA) is 108 Å². The van der Waals surface area contributed by atoms with Gasteiger partial charge in [-0.15, -0.1) is 0 Å². The zero-order valence-corrected chi connectivity index (χ0v) is 14.2. The minimum absolute atomic E-state index is 0.0860. The number of primary amides is 1. The molecule has 2 rings (SSSR count). The number of para-hydroxylation sites is 1. The molecule has 0 saturated heterocycles. The summed E-state index contributed by atoms with van der Waals surface area (Å²) in [6.45, 7) is 0.693. The normalized spacial score (nSPS) is 11.4. The molecule has 2 amide bonds. The summed E-state index contributed by atoms with van der Waals surface area (Å²) in [4.78, 5) is 35.0. The number of amides is 2. The number of halogens is 2. The van der Waals surface area contributed by atoms with Crippen LogP contribution >= 0.6 is 0 Å². The lowest BCUT2D eigenvalue weighted by Gasteiger charge is -2.14. The average molecular weight is 378 g/mol. The zero-order valence-electron chi connectivity index (χ0n) is 14.2. The van der Waals surface area contributed by atoms with Crippen molar-refractivity contribution in [3.8, 4) is 5.75 Å². The first-order valence-corrected chi connectivity index (χ1v) is 7.75. The molecule has 0 bridgehead atoms. The summed E-state index contributed by atoms with van der Waals surface area (Å²) in [5.74, 6) is -4.10. The highest BCUT2D eigenvalue weighted by atomic mass is 19.1. The van der Waals surface area contributed by atoms with Crippen molar-refractivity contribution in [3.63, 3.8) is 0 Å². The zero-order chi connectivity index (χ0) is 20.0. The van der Waals surface area contributed by atoms with E-state index < -0.39 is 42.1 Å². The van der Waals surface area contributed by atoms with Gasteiger partial charge in [-0.3, -0.25) is 9.59 Å². The van der Waals surface area contributed by atoms with Crippen LogP contribution in [0.15, 0.2) is 42.5 Å². The molecule has 1 atom stereocenters. The fraction of sp³-hybridized carbons (Fsp3) is 0.167. The fourth-order valence-corrected chi connectivity index (χ4v) is 2.04. The van der Waals surface area contributed by atoms with Crippen LogP contribution in [-0.4, -0.2) is 30.5 Å². The molecule has 0 saturated carbocycles. The van der Waals surface area contributed by atoms with E-state index in [0.29, 0.717) is 6.07 Å². The highest BCUT2D eigenvalue weighted by molar-refractivity contribution is 5.96. The van der Waals surface area contributed by atoms with Crippen molar-refractivity contribution in [2.24, 2.45) is 5.73 Å². The van der Waals surface area contributed by atoms with E-state index >= 15 is 0 Å². The van der Waals surface area contributed by atoms with Gasteiger partial charge >= 0.3 is 5.97 Å². The second-order valence-electron chi connectivity index (χ2n) is 5.39. The Balaban J connectivity index is 1.89. The minimum atomic E-state index is -1.27. The number of esters is 1. The lowest BCUT2D eigenvalue weighted by molar-refractivity contribution is -0.155. The first-order chi connectivity index (χ1) is 12.8. The van der Waals surface area contributed by atoms with Gasteiger partial charge in [0.25, 0.3) is 11.8 Å². The molecule has 0 spiro atoms. The Hall–Kier alpha value is -3.49. The molecule has 3 N–H and O–H groups in total. The van der Waals surface area contributed by atoms with E-state index in [9.17, 15) is 23.2 Å². The van der Waals surface area contributed by atoms with Crippen LogP contribution in [-0.2, 0) is 14.3 Å². The van der Waals surface area contributed by atoms with Crippen molar-refractivity contribution in [2.45, 2.75) is 13.0 Å². The Labute approximate surface area is 153 Å². The molecule has 0 fully saturated rings. The van der Waals surface area contributed by atoms with Crippen LogP contribution in [0.25, 0.3) is 0 Å². The van der Waals surface area contributed by atoms with Crippen molar-refractivity contribution >= 4 is 23.5 Å². The number of carbonyl (C=O) groups excluding carboxylic acids is 3. The smallest absolute Gasteiger partial charge is 0.344 e. The van der Waals surface area contributed by atoms with Crippen LogP contribution in [0, 0.1) is 11.6 Å². The minimum Gasteiger partial charge on any atom is -0.481 e. The van der Waals surface area contributed by atoms with Crippen molar-refractivity contribution in [2.75, 3.05) is 11.9 Å². The predicted octanol–water partition coefficient (Wildman–Crippen LogP) is 2.01. The van der Waals surface area contributed by atoms with Crippen LogP contribution in [0.2, 0.25) is 0 Å². The van der Waals surface area contributed by atoms with Crippen LogP contribution in [0.5, 0.6) is 5.75 Å². The SMILES string of the molecule is C[C@H](OC(=O)COc1ccccc1C(N)=O)C(=O)Nc1ccc(F)cc1F. The van der Waals surface area contributed by atoms with Gasteiger partial charge in [-0.1, -0.05) is 12.1 Å². The number of nitrogens with one attached hydrogen (secondary N) is 1. The van der Waals surface area contributed by atoms with Crippen LogP contribution < -0.4 is 15.8 Å². The molecule has 0 radical (unpaired) electrons. The van der Waals surface area contributed by atoms with Gasteiger partial charge in [-0.2, -0.15) is 0 Å². The van der Waals surface area contributed by atoms with Crippen LogP contribution in [0.4, 0.5) is 14.5 Å². The summed E-state index contributed by atoms with van der Waals surface area (Å²) < 4.78 is 36.4. The van der Waals surface area contributed by atoms with Gasteiger partial charge in [0.05, 0.1) is 11.3 Å². The van der Waals surface area contributed by atoms with E-state index in [1.54, 1.807) is 12.1 Å². The third-order valence-corrected chi connectivity index (χ3v) is 3.36. The molecule has 0 unspecified atom stereocenters. The van der Waals surface area contributed by atoms with Crippen molar-refractivity contribution in [3.05, 3.63) is 59.7 Å². The summed E-state index contributed by atoms with van der Waals surface area (Å²) in [6.07, 6.45) is -1.27. The van der Waals surface area contributed by atoms with Gasteiger partial charge in [0.1, 0.15) is 17.4 Å². The third-order valence-electron chi connectivity index (χ3n) is 3.36. The number of nitrogens with two attached hydrogens (primary N) is 1. The Morgan fingerprint density at radius 2 is 1.85 bits per heavy atom. The lowest BCUT2D eigenvalue weighted by atomic mass is 10.2. The summed E-state index contributed by atoms with van der Waals surface area (Å²) >= 11 is 0. The number of carbonyl (C=O) groups is 3. The van der Waals surface area contributed by atoms with Crippen LogP contribution in [0.3, 0.4) is 0 Å². The van der Waals surface area contributed by atoms with Gasteiger partial charge < -0.3 is 20.5 Å². The second kappa shape index (κ2) is 8.75. The lowest BCUT2D eigenvalue weighted by Crippen LogP contribution is -2.32. The molecule has 0 aliphatic carbocycles. The Bertz CT molecular complexity index is 873. The summed E-state index contributed by atoms with van der Waals surface area (Å²) in [5, 5.41) is 2.18. The highest BCUT2D eigenvalue weighted by Gasteiger charge is 2.20. The second-order valence-corrected chi connectivity index (χ2v) is 5.39. The molecule has 7 nitrogen and oxygen atoms in total. The van der Waals surface area contributed by atoms with E-state index in [4.69, 9.17) is 15.2 Å². The maximum absolute atomic E-state index is 13.5. The van der Waals surface area contributed by atoms with E-state index in [1.807, 2.05) is 0 Å². The number of benzene rings is 2. The van der Waals surface area contributed by atoms with E-state index in [-0.39, 0.29) is 17.0 Å². The molecule has 0 aliphatic rings. The van der Waals surface area contributed by atoms with E-state index in [2.05, 4.69) is 5.32 Å². The van der Waals surface area contributed by atoms with E-state index in [0.717, 1.165) is 12.1 Å². The number of rotatable bonds is 7. The Morgan fingerprint density at radius 3 is 2.52 bits per heavy atom. The molecule has 2 aromatic rings. The number of anilines is 1. The third kappa shape index (κ3) is 5.50. The first-order valence-electron chi connectivity index (χ1n) is 7.75. The number of hydrogen-bond donors (Lipinski definition) is 2. The van der Waals surface area contributed by atoms with Gasteiger partial charge in [-0.05, 0) is 31.2 Å². The first kappa shape index (κ1) is 19.8. The molecular weight excluding hydrogens is 362 g/mol. The van der Waals surface area contributed by atoms with Gasteiger partial charge in [-0.25, -0.2) is 13.6 Å². The number of ether oxygens (including phenoxy) is 2. The Kier molecular flexibility index (Phi) is 6.42. The summed E-state index contributed by atoms with van der Waals surface area (Å²) in [5.41, 5.74) is 5.03. The monoisotopic (exact) mass is 378 g/mol. The van der Waals surface area contributed by atoms with Gasteiger partial charge in [0.15, 0.2) is 12.7 Å². The molecular formula is C18H16F2N2O5. The molecule has 2 aromatic carbocycles. The Morgan fingerprint density at radius 1 is 1.15 bits per heavy atom. The maximum Gasteiger partial charge on any atom is 0.344 e. The molecule has 0 heterocycles.